The Morgan fingerprint density at radius 2 is 1.57 bits per heavy atom. The highest BCUT2D eigenvalue weighted by Gasteiger charge is 2.41. The average molecular weight is 306 g/mol. The summed E-state index contributed by atoms with van der Waals surface area (Å²) in [5.41, 5.74) is 3.99. The number of fused-ring (bicyclic) bond motifs is 1. The van der Waals surface area contributed by atoms with E-state index in [9.17, 15) is 0 Å². The highest BCUT2D eigenvalue weighted by molar-refractivity contribution is 5.66. The van der Waals surface area contributed by atoms with E-state index in [0.29, 0.717) is 12.1 Å². The number of hydrogen-bond donors (Lipinski definition) is 0. The fourth-order valence-corrected chi connectivity index (χ4v) is 4.21. The lowest BCUT2D eigenvalue weighted by Crippen LogP contribution is -2.37. The van der Waals surface area contributed by atoms with Crippen molar-refractivity contribution in [1.82, 2.24) is 4.90 Å². The summed E-state index contributed by atoms with van der Waals surface area (Å²) in [5.74, 6) is 0.853. The van der Waals surface area contributed by atoms with Crippen LogP contribution in [-0.2, 0) is 0 Å². The largest absolute Gasteiger partial charge is 0.367 e. The third-order valence-electron chi connectivity index (χ3n) is 5.61. The van der Waals surface area contributed by atoms with Gasteiger partial charge in [0.2, 0.25) is 0 Å². The third kappa shape index (κ3) is 2.76. The molecule has 4 rings (SSSR count). The minimum absolute atomic E-state index is 0.669. The summed E-state index contributed by atoms with van der Waals surface area (Å²) in [6.07, 6.45) is 1.34. The standard InChI is InChI=1S/C21H26N2/c1-16(2)22-14-19-12-13-23(21(19)15-22)20-10-8-18(9-11-20)17-6-4-3-5-7-17/h3-11,16,19,21H,12-15H2,1-2H3/t19-,21+/m1/s1. The first-order valence-corrected chi connectivity index (χ1v) is 8.88. The van der Waals surface area contributed by atoms with Crippen LogP contribution in [0, 0.1) is 5.92 Å². The van der Waals surface area contributed by atoms with Gasteiger partial charge in [-0.2, -0.15) is 0 Å². The molecule has 2 aromatic carbocycles. The molecule has 2 fully saturated rings. The fraction of sp³-hybridized carbons (Fsp3) is 0.429. The molecule has 2 atom stereocenters. The third-order valence-corrected chi connectivity index (χ3v) is 5.61. The maximum atomic E-state index is 2.64. The topological polar surface area (TPSA) is 6.48 Å². The van der Waals surface area contributed by atoms with Crippen LogP contribution in [0.1, 0.15) is 20.3 Å². The van der Waals surface area contributed by atoms with E-state index in [1.54, 1.807) is 0 Å². The van der Waals surface area contributed by atoms with Gasteiger partial charge in [0, 0.05) is 37.4 Å². The second-order valence-electron chi connectivity index (χ2n) is 7.27. The van der Waals surface area contributed by atoms with Gasteiger partial charge in [0.1, 0.15) is 0 Å². The van der Waals surface area contributed by atoms with Gasteiger partial charge in [0.05, 0.1) is 0 Å². The predicted molar refractivity (Wildman–Crippen MR) is 97.8 cm³/mol. The summed E-state index contributed by atoms with van der Waals surface area (Å²) in [7, 11) is 0. The molecular weight excluding hydrogens is 280 g/mol. The quantitative estimate of drug-likeness (QED) is 0.835. The molecule has 0 N–H and O–H groups in total. The number of benzene rings is 2. The van der Waals surface area contributed by atoms with Gasteiger partial charge in [0.15, 0.2) is 0 Å². The van der Waals surface area contributed by atoms with Crippen molar-refractivity contribution in [3.05, 3.63) is 54.6 Å². The van der Waals surface area contributed by atoms with Gasteiger partial charge in [0.25, 0.3) is 0 Å². The maximum Gasteiger partial charge on any atom is 0.0458 e. The molecule has 0 spiro atoms. The smallest absolute Gasteiger partial charge is 0.0458 e. The Hall–Kier alpha value is -1.80. The van der Waals surface area contributed by atoms with Crippen molar-refractivity contribution in [2.75, 3.05) is 24.5 Å². The molecule has 0 unspecified atom stereocenters. The molecule has 2 heterocycles. The van der Waals surface area contributed by atoms with Crippen LogP contribution < -0.4 is 4.90 Å². The van der Waals surface area contributed by atoms with Gasteiger partial charge in [-0.1, -0.05) is 42.5 Å². The molecule has 2 aliphatic heterocycles. The predicted octanol–water partition coefficient (Wildman–Crippen LogP) is 4.27. The Labute approximate surface area is 139 Å². The SMILES string of the molecule is CC(C)N1C[C@H]2CCN(c3ccc(-c4ccccc4)cc3)[C@H]2C1. The van der Waals surface area contributed by atoms with E-state index in [1.807, 2.05) is 0 Å². The average Bonchev–Trinajstić information content (AvgIpc) is 3.16. The first kappa shape index (κ1) is 14.8. The van der Waals surface area contributed by atoms with Crippen LogP contribution in [-0.4, -0.2) is 36.6 Å². The van der Waals surface area contributed by atoms with Crippen LogP contribution in [0.5, 0.6) is 0 Å². The van der Waals surface area contributed by atoms with Crippen molar-refractivity contribution in [2.24, 2.45) is 5.92 Å². The van der Waals surface area contributed by atoms with E-state index in [-0.39, 0.29) is 0 Å². The summed E-state index contributed by atoms with van der Waals surface area (Å²) < 4.78 is 0. The van der Waals surface area contributed by atoms with Gasteiger partial charge in [-0.25, -0.2) is 0 Å². The zero-order chi connectivity index (χ0) is 15.8. The van der Waals surface area contributed by atoms with Crippen molar-refractivity contribution in [3.63, 3.8) is 0 Å². The number of anilines is 1. The van der Waals surface area contributed by atoms with E-state index in [0.717, 1.165) is 5.92 Å². The summed E-state index contributed by atoms with van der Waals surface area (Å²) in [6.45, 7) is 8.36. The van der Waals surface area contributed by atoms with Gasteiger partial charge in [-0.05, 0) is 49.4 Å². The molecule has 0 amide bonds. The molecule has 0 saturated carbocycles. The minimum atomic E-state index is 0.669. The van der Waals surface area contributed by atoms with Crippen LogP contribution in [0.15, 0.2) is 54.6 Å². The number of nitrogens with zero attached hydrogens (tertiary/aromatic N) is 2. The number of likely N-dealkylation sites (tertiary alicyclic amines) is 1. The van der Waals surface area contributed by atoms with Crippen LogP contribution in [0.25, 0.3) is 11.1 Å². The minimum Gasteiger partial charge on any atom is -0.367 e. The lowest BCUT2D eigenvalue weighted by molar-refractivity contribution is 0.259. The lowest BCUT2D eigenvalue weighted by atomic mass is 10.0. The van der Waals surface area contributed by atoms with Crippen LogP contribution in [0.3, 0.4) is 0 Å². The number of rotatable bonds is 3. The van der Waals surface area contributed by atoms with E-state index in [2.05, 4.69) is 78.2 Å². The number of hydrogen-bond acceptors (Lipinski definition) is 2. The van der Waals surface area contributed by atoms with Gasteiger partial charge < -0.3 is 4.90 Å². The molecule has 120 valence electrons. The van der Waals surface area contributed by atoms with E-state index < -0.39 is 0 Å². The highest BCUT2D eigenvalue weighted by atomic mass is 15.3. The Bertz CT molecular complexity index is 647. The van der Waals surface area contributed by atoms with Crippen LogP contribution >= 0.6 is 0 Å². The van der Waals surface area contributed by atoms with Crippen molar-refractivity contribution >= 4 is 5.69 Å². The molecule has 2 heteroatoms. The van der Waals surface area contributed by atoms with E-state index >= 15 is 0 Å². The molecule has 2 saturated heterocycles. The zero-order valence-electron chi connectivity index (χ0n) is 14.2. The zero-order valence-corrected chi connectivity index (χ0v) is 14.2. The molecule has 0 bridgehead atoms. The second kappa shape index (κ2) is 6.01. The maximum absolute atomic E-state index is 2.64. The summed E-state index contributed by atoms with van der Waals surface area (Å²) in [4.78, 5) is 5.28. The normalized spacial score (nSPS) is 24.4. The monoisotopic (exact) mass is 306 g/mol. The van der Waals surface area contributed by atoms with E-state index in [1.165, 1.54) is 42.9 Å². The fourth-order valence-electron chi connectivity index (χ4n) is 4.21. The summed E-state index contributed by atoms with van der Waals surface area (Å²) in [6, 6.07) is 21.2. The molecule has 0 aromatic heterocycles. The lowest BCUT2D eigenvalue weighted by Gasteiger charge is -2.28. The van der Waals surface area contributed by atoms with Crippen molar-refractivity contribution < 1.29 is 0 Å². The van der Waals surface area contributed by atoms with Gasteiger partial charge in [-0.15, -0.1) is 0 Å². The molecule has 2 aliphatic rings. The Morgan fingerprint density at radius 3 is 2.26 bits per heavy atom. The molecule has 23 heavy (non-hydrogen) atoms. The van der Waals surface area contributed by atoms with Crippen molar-refractivity contribution in [2.45, 2.75) is 32.4 Å². The van der Waals surface area contributed by atoms with Crippen LogP contribution in [0.4, 0.5) is 5.69 Å². The van der Waals surface area contributed by atoms with Gasteiger partial charge in [-0.3, -0.25) is 4.90 Å². The first-order chi connectivity index (χ1) is 11.2. The molecule has 0 aliphatic carbocycles. The Kier molecular flexibility index (Phi) is 3.86. The van der Waals surface area contributed by atoms with Crippen LogP contribution in [0.2, 0.25) is 0 Å². The summed E-state index contributed by atoms with van der Waals surface area (Å²) >= 11 is 0. The first-order valence-electron chi connectivity index (χ1n) is 8.88. The Balaban J connectivity index is 1.53. The van der Waals surface area contributed by atoms with Crippen molar-refractivity contribution in [1.29, 1.82) is 0 Å². The van der Waals surface area contributed by atoms with Gasteiger partial charge >= 0.3 is 0 Å². The van der Waals surface area contributed by atoms with E-state index in [4.69, 9.17) is 0 Å². The second-order valence-corrected chi connectivity index (χ2v) is 7.27. The molecule has 0 radical (unpaired) electrons. The molecule has 2 aromatic rings. The van der Waals surface area contributed by atoms with Crippen molar-refractivity contribution in [3.8, 4) is 11.1 Å². The Morgan fingerprint density at radius 1 is 0.870 bits per heavy atom. The molecule has 2 nitrogen and oxygen atoms in total. The molecular formula is C21H26N2. The summed E-state index contributed by atoms with van der Waals surface area (Å²) in [5, 5.41) is 0. The highest BCUT2D eigenvalue weighted by Crippen LogP contribution is 2.36.